The first-order valence-electron chi connectivity index (χ1n) is 8.55. The minimum absolute atomic E-state index is 0.653. The van der Waals surface area contributed by atoms with Crippen molar-refractivity contribution in [3.63, 3.8) is 0 Å². The van der Waals surface area contributed by atoms with E-state index in [0.29, 0.717) is 10.3 Å². The zero-order chi connectivity index (χ0) is 19.7. The monoisotopic (exact) mass is 468 g/mol. The van der Waals surface area contributed by atoms with E-state index in [1.807, 2.05) is 19.9 Å². The van der Waals surface area contributed by atoms with Crippen molar-refractivity contribution >= 4 is 50.4 Å². The van der Waals surface area contributed by atoms with E-state index < -0.39 is 0 Å². The number of hydrogen-bond donors (Lipinski definition) is 0. The molecule has 0 atom stereocenters. The molecule has 0 amide bonds. The van der Waals surface area contributed by atoms with E-state index in [2.05, 4.69) is 49.9 Å². The fourth-order valence-electron chi connectivity index (χ4n) is 2.92. The van der Waals surface area contributed by atoms with Crippen molar-refractivity contribution in [3.05, 3.63) is 55.8 Å². The van der Waals surface area contributed by atoms with Crippen LogP contribution < -0.4 is 0 Å². The quantitative estimate of drug-likeness (QED) is 0.375. The van der Waals surface area contributed by atoms with E-state index in [0.717, 1.165) is 51.1 Å². The lowest BCUT2D eigenvalue weighted by atomic mass is 10.2. The van der Waals surface area contributed by atoms with Gasteiger partial charge in [0.15, 0.2) is 11.3 Å². The van der Waals surface area contributed by atoms with E-state index in [9.17, 15) is 0 Å². The van der Waals surface area contributed by atoms with Gasteiger partial charge in [0.25, 0.3) is 0 Å². The average Bonchev–Trinajstić information content (AvgIpc) is 3.24. The van der Waals surface area contributed by atoms with E-state index in [-0.39, 0.29) is 0 Å². The Labute approximate surface area is 175 Å². The van der Waals surface area contributed by atoms with Crippen LogP contribution in [0.15, 0.2) is 22.9 Å². The van der Waals surface area contributed by atoms with Gasteiger partial charge in [-0.05, 0) is 42.6 Å². The lowest BCUT2D eigenvalue weighted by Gasteiger charge is -2.06. The third-order valence-corrected chi connectivity index (χ3v) is 5.67. The third kappa shape index (κ3) is 3.68. The van der Waals surface area contributed by atoms with Crippen molar-refractivity contribution in [2.45, 2.75) is 40.5 Å². The first-order valence-corrected chi connectivity index (χ1v) is 10.1. The van der Waals surface area contributed by atoms with Crippen LogP contribution in [0.4, 0.5) is 0 Å². The van der Waals surface area contributed by atoms with E-state index in [1.54, 1.807) is 21.4 Å². The van der Waals surface area contributed by atoms with Crippen LogP contribution in [-0.4, -0.2) is 29.2 Å². The molecule has 4 rings (SSSR count). The number of aryl methyl sites for hydroxylation is 2. The van der Waals surface area contributed by atoms with E-state index in [1.165, 1.54) is 0 Å². The number of aromatic nitrogens is 6. The molecule has 4 heterocycles. The van der Waals surface area contributed by atoms with Crippen molar-refractivity contribution in [2.75, 3.05) is 0 Å². The maximum absolute atomic E-state index is 6.20. The van der Waals surface area contributed by atoms with Crippen molar-refractivity contribution in [2.24, 2.45) is 0 Å². The smallest absolute Gasteiger partial charge is 0.171 e. The molecule has 0 saturated carbocycles. The first-order chi connectivity index (χ1) is 12.9. The van der Waals surface area contributed by atoms with Gasteiger partial charge < -0.3 is 0 Å². The Balaban J connectivity index is 0.000000156. The van der Waals surface area contributed by atoms with Crippen LogP contribution in [0, 0.1) is 13.8 Å². The topological polar surface area (TPSA) is 60.4 Å². The molecule has 0 aromatic carbocycles. The predicted molar refractivity (Wildman–Crippen MR) is 112 cm³/mol. The first kappa shape index (κ1) is 20.0. The molecule has 0 aliphatic rings. The molecule has 4 aromatic rings. The summed E-state index contributed by atoms with van der Waals surface area (Å²) in [6, 6.07) is 1.85. The molecule has 142 valence electrons. The minimum Gasteiger partial charge on any atom is -0.233 e. The summed E-state index contributed by atoms with van der Waals surface area (Å²) >= 11 is 15.7. The Morgan fingerprint density at radius 1 is 0.926 bits per heavy atom. The standard InChI is InChI=1S/C9H9BrClN3.C9H10ClN3/c1-3-6-5(2)13-9-7(10)4-12-14(9)8(6)11;1-3-7-6(2)12-8-4-5-11-13(8)9(7)10/h4H,3H2,1-2H3;4-5H,3H2,1-2H3. The molecule has 0 radical (unpaired) electrons. The zero-order valence-electron chi connectivity index (χ0n) is 15.5. The number of hydrogen-bond acceptors (Lipinski definition) is 4. The van der Waals surface area contributed by atoms with Gasteiger partial charge in [0.05, 0.1) is 16.9 Å². The van der Waals surface area contributed by atoms with Gasteiger partial charge in [-0.15, -0.1) is 0 Å². The van der Waals surface area contributed by atoms with Gasteiger partial charge in [-0.1, -0.05) is 37.0 Å². The predicted octanol–water partition coefficient (Wildman–Crippen LogP) is 5.27. The van der Waals surface area contributed by atoms with Crippen LogP contribution in [0.2, 0.25) is 10.3 Å². The fourth-order valence-corrected chi connectivity index (χ4v) is 4.06. The molecule has 4 aromatic heterocycles. The highest BCUT2D eigenvalue weighted by atomic mass is 79.9. The summed E-state index contributed by atoms with van der Waals surface area (Å²) < 4.78 is 4.18. The van der Waals surface area contributed by atoms with Crippen molar-refractivity contribution in [3.8, 4) is 0 Å². The Bertz CT molecular complexity index is 1120. The molecule has 27 heavy (non-hydrogen) atoms. The van der Waals surface area contributed by atoms with Crippen LogP contribution in [0.1, 0.15) is 36.4 Å². The van der Waals surface area contributed by atoms with Gasteiger partial charge in [0.1, 0.15) is 10.3 Å². The highest BCUT2D eigenvalue weighted by Crippen LogP contribution is 2.24. The summed E-state index contributed by atoms with van der Waals surface area (Å²) in [5, 5.41) is 9.56. The third-order valence-electron chi connectivity index (χ3n) is 4.33. The largest absolute Gasteiger partial charge is 0.233 e. The molecule has 0 saturated heterocycles. The molecular weight excluding hydrogens is 451 g/mol. The minimum atomic E-state index is 0.653. The Morgan fingerprint density at radius 3 is 2.15 bits per heavy atom. The van der Waals surface area contributed by atoms with Crippen LogP contribution in [0.25, 0.3) is 11.3 Å². The molecule has 0 unspecified atom stereocenters. The van der Waals surface area contributed by atoms with Gasteiger partial charge in [-0.3, -0.25) is 0 Å². The Morgan fingerprint density at radius 2 is 1.52 bits per heavy atom. The molecule has 0 aliphatic carbocycles. The van der Waals surface area contributed by atoms with Crippen molar-refractivity contribution in [1.29, 1.82) is 0 Å². The van der Waals surface area contributed by atoms with E-state index in [4.69, 9.17) is 23.2 Å². The summed E-state index contributed by atoms with van der Waals surface area (Å²) in [5.74, 6) is 0. The molecule has 0 aliphatic heterocycles. The second kappa shape index (κ2) is 8.12. The van der Waals surface area contributed by atoms with Crippen molar-refractivity contribution in [1.82, 2.24) is 29.2 Å². The van der Waals surface area contributed by atoms with Gasteiger partial charge in [0.2, 0.25) is 0 Å². The SMILES string of the molecule is CCc1c(C)nc2c(Br)cnn2c1Cl.CCc1c(C)nc2ccnn2c1Cl. The maximum Gasteiger partial charge on any atom is 0.171 e. The molecule has 0 spiro atoms. The Hall–Kier alpha value is -1.70. The maximum atomic E-state index is 6.20. The second-order valence-corrected chi connectivity index (χ2v) is 7.54. The lowest BCUT2D eigenvalue weighted by molar-refractivity contribution is 0.895. The molecule has 0 N–H and O–H groups in total. The number of nitrogens with zero attached hydrogens (tertiary/aromatic N) is 6. The van der Waals surface area contributed by atoms with Gasteiger partial charge in [0, 0.05) is 28.6 Å². The molecule has 0 bridgehead atoms. The second-order valence-electron chi connectivity index (χ2n) is 5.97. The highest BCUT2D eigenvalue weighted by molar-refractivity contribution is 9.10. The molecule has 9 heteroatoms. The summed E-state index contributed by atoms with van der Waals surface area (Å²) in [4.78, 5) is 8.82. The van der Waals surface area contributed by atoms with Gasteiger partial charge in [-0.25, -0.2) is 19.0 Å². The number of fused-ring (bicyclic) bond motifs is 2. The van der Waals surface area contributed by atoms with Gasteiger partial charge in [-0.2, -0.15) is 10.2 Å². The van der Waals surface area contributed by atoms with Crippen LogP contribution >= 0.6 is 39.1 Å². The Kier molecular flexibility index (Phi) is 6.03. The van der Waals surface area contributed by atoms with Gasteiger partial charge >= 0.3 is 0 Å². The van der Waals surface area contributed by atoms with Crippen LogP contribution in [0.5, 0.6) is 0 Å². The molecular formula is C18H19BrCl2N6. The summed E-state index contributed by atoms with van der Waals surface area (Å²) in [6.45, 7) is 8.05. The van der Waals surface area contributed by atoms with Crippen LogP contribution in [0.3, 0.4) is 0 Å². The summed E-state index contributed by atoms with van der Waals surface area (Å²) in [5.41, 5.74) is 5.64. The van der Waals surface area contributed by atoms with Crippen molar-refractivity contribution < 1.29 is 0 Å². The average molecular weight is 470 g/mol. The van der Waals surface area contributed by atoms with E-state index >= 15 is 0 Å². The van der Waals surface area contributed by atoms with Crippen LogP contribution in [-0.2, 0) is 12.8 Å². The zero-order valence-corrected chi connectivity index (χ0v) is 18.6. The highest BCUT2D eigenvalue weighted by Gasteiger charge is 2.12. The fraction of sp³-hybridized carbons (Fsp3) is 0.333. The normalized spacial score (nSPS) is 11.1. The lowest BCUT2D eigenvalue weighted by Crippen LogP contribution is -2.01. The number of rotatable bonds is 2. The summed E-state index contributed by atoms with van der Waals surface area (Å²) in [6.07, 6.45) is 5.15. The summed E-state index contributed by atoms with van der Waals surface area (Å²) in [7, 11) is 0. The number of halogens is 3. The molecule has 6 nitrogen and oxygen atoms in total. The molecule has 0 fully saturated rings.